The molecule has 0 aliphatic carbocycles. The summed E-state index contributed by atoms with van der Waals surface area (Å²) in [6, 6.07) is -0.824. The first-order valence-corrected chi connectivity index (χ1v) is 32.5. The van der Waals surface area contributed by atoms with E-state index >= 15 is 0 Å². The van der Waals surface area contributed by atoms with Gasteiger partial charge in [0.2, 0.25) is 5.91 Å². The summed E-state index contributed by atoms with van der Waals surface area (Å²) in [6.45, 7) is 3.78. The molecule has 1 fully saturated rings. The third-order valence-corrected chi connectivity index (χ3v) is 15.3. The van der Waals surface area contributed by atoms with Gasteiger partial charge in [-0.2, -0.15) is 0 Å². The summed E-state index contributed by atoms with van der Waals surface area (Å²) in [5, 5.41) is 54.6. The molecule has 0 aromatic heterocycles. The fourth-order valence-electron chi connectivity index (χ4n) is 10.2. The van der Waals surface area contributed by atoms with E-state index in [1.165, 1.54) is 231 Å². The highest BCUT2D eigenvalue weighted by atomic mass is 16.7. The standard InChI is InChI=1S/C67H123NO8/c1-3-5-7-9-11-13-15-17-19-21-23-25-27-28-29-30-31-32-33-34-35-37-39-41-43-45-47-49-51-53-55-57-63(71)68-60(59-75-67-66(74)65(73)64(72)62(58-69)76-67)61(70)56-54-52-50-48-46-44-42-40-38-36-26-24-22-20-18-16-14-12-10-8-6-4-2/h15,17,21,23,27-28,46,48,54,56,60-62,64-67,69-70,72-74H,3-14,16,18-20,22,24-26,29-45,47,49-53,55,57-59H2,1-2H3,(H,68,71)/b17-15-,23-21-,28-27-,48-46+,56-54+. The molecule has 1 saturated heterocycles. The molecule has 76 heavy (non-hydrogen) atoms. The first-order chi connectivity index (χ1) is 37.3. The maximum atomic E-state index is 13.1. The van der Waals surface area contributed by atoms with Crippen LogP contribution in [0.4, 0.5) is 0 Å². The quantitative estimate of drug-likeness (QED) is 0.0261. The number of rotatable bonds is 56. The molecule has 6 N–H and O–H groups in total. The molecule has 0 aromatic rings. The summed E-state index contributed by atoms with van der Waals surface area (Å²) in [5.74, 6) is -0.184. The van der Waals surface area contributed by atoms with Gasteiger partial charge in [-0.05, 0) is 70.6 Å². The molecule has 0 radical (unpaired) electrons. The van der Waals surface area contributed by atoms with Crippen molar-refractivity contribution in [2.75, 3.05) is 13.2 Å². The smallest absolute Gasteiger partial charge is 0.220 e. The summed E-state index contributed by atoms with van der Waals surface area (Å²) in [6.07, 6.45) is 70.2. The van der Waals surface area contributed by atoms with Crippen LogP contribution in [0.1, 0.15) is 303 Å². The van der Waals surface area contributed by atoms with Crippen LogP contribution >= 0.6 is 0 Å². The Morgan fingerprint density at radius 3 is 1.20 bits per heavy atom. The zero-order chi connectivity index (χ0) is 55.0. The summed E-state index contributed by atoms with van der Waals surface area (Å²) < 4.78 is 11.3. The Hall–Kier alpha value is -2.11. The number of hydrogen-bond donors (Lipinski definition) is 6. The number of aliphatic hydroxyl groups excluding tert-OH is 5. The molecule has 444 valence electrons. The number of amides is 1. The second-order valence-corrected chi connectivity index (χ2v) is 22.5. The first kappa shape index (κ1) is 71.9. The fraction of sp³-hybridized carbons (Fsp3) is 0.836. The van der Waals surface area contributed by atoms with Crippen molar-refractivity contribution in [3.05, 3.63) is 60.8 Å². The molecular weight excluding hydrogens is 947 g/mol. The van der Waals surface area contributed by atoms with Gasteiger partial charge in [-0.25, -0.2) is 0 Å². The summed E-state index contributed by atoms with van der Waals surface area (Å²) in [5.41, 5.74) is 0. The van der Waals surface area contributed by atoms with Crippen molar-refractivity contribution < 1.29 is 39.8 Å². The van der Waals surface area contributed by atoms with E-state index in [2.05, 4.69) is 67.8 Å². The van der Waals surface area contributed by atoms with E-state index in [1.807, 2.05) is 6.08 Å². The van der Waals surface area contributed by atoms with E-state index in [4.69, 9.17) is 9.47 Å². The van der Waals surface area contributed by atoms with Crippen molar-refractivity contribution in [3.8, 4) is 0 Å². The number of allylic oxidation sites excluding steroid dienone is 9. The largest absolute Gasteiger partial charge is 0.394 e. The van der Waals surface area contributed by atoms with E-state index in [0.29, 0.717) is 6.42 Å². The number of carbonyl (C=O) groups excluding carboxylic acids is 1. The monoisotopic (exact) mass is 1070 g/mol. The van der Waals surface area contributed by atoms with Crippen LogP contribution in [0, 0.1) is 0 Å². The molecule has 0 bridgehead atoms. The van der Waals surface area contributed by atoms with Gasteiger partial charge in [0.25, 0.3) is 0 Å². The molecule has 1 aliphatic heterocycles. The molecule has 0 saturated carbocycles. The van der Waals surface area contributed by atoms with Gasteiger partial charge < -0.3 is 40.3 Å². The Morgan fingerprint density at radius 1 is 0.447 bits per heavy atom. The van der Waals surface area contributed by atoms with Crippen LogP contribution in [0.3, 0.4) is 0 Å². The highest BCUT2D eigenvalue weighted by molar-refractivity contribution is 5.76. The van der Waals surface area contributed by atoms with Crippen LogP contribution < -0.4 is 5.32 Å². The Labute approximate surface area is 468 Å². The second kappa shape index (κ2) is 56.2. The van der Waals surface area contributed by atoms with Gasteiger partial charge in [0, 0.05) is 6.42 Å². The third-order valence-electron chi connectivity index (χ3n) is 15.3. The van der Waals surface area contributed by atoms with Crippen LogP contribution in [-0.4, -0.2) is 87.5 Å². The predicted octanol–water partition coefficient (Wildman–Crippen LogP) is 17.0. The van der Waals surface area contributed by atoms with E-state index in [0.717, 1.165) is 51.4 Å². The molecular formula is C67H123NO8. The van der Waals surface area contributed by atoms with Gasteiger partial charge in [0.1, 0.15) is 24.4 Å². The van der Waals surface area contributed by atoms with E-state index < -0.39 is 49.5 Å². The van der Waals surface area contributed by atoms with Crippen LogP contribution in [-0.2, 0) is 14.3 Å². The highest BCUT2D eigenvalue weighted by Crippen LogP contribution is 2.23. The molecule has 1 rings (SSSR count). The lowest BCUT2D eigenvalue weighted by Crippen LogP contribution is -2.60. The lowest BCUT2D eigenvalue weighted by atomic mass is 9.99. The summed E-state index contributed by atoms with van der Waals surface area (Å²) in [4.78, 5) is 13.1. The number of hydrogen-bond acceptors (Lipinski definition) is 8. The van der Waals surface area contributed by atoms with Crippen LogP contribution in [0.2, 0.25) is 0 Å². The molecule has 1 heterocycles. The van der Waals surface area contributed by atoms with Crippen molar-refractivity contribution in [2.45, 2.75) is 346 Å². The number of ether oxygens (including phenoxy) is 2. The van der Waals surface area contributed by atoms with Gasteiger partial charge in [0.15, 0.2) is 6.29 Å². The average Bonchev–Trinajstić information content (AvgIpc) is 3.42. The number of nitrogens with one attached hydrogen (secondary N) is 1. The molecule has 1 amide bonds. The zero-order valence-corrected chi connectivity index (χ0v) is 49.5. The molecule has 0 spiro atoms. The van der Waals surface area contributed by atoms with Crippen LogP contribution in [0.5, 0.6) is 0 Å². The van der Waals surface area contributed by atoms with Crippen molar-refractivity contribution in [2.24, 2.45) is 0 Å². The minimum atomic E-state index is -1.57. The van der Waals surface area contributed by atoms with Gasteiger partial charge in [0.05, 0.1) is 25.4 Å². The minimum absolute atomic E-state index is 0.184. The van der Waals surface area contributed by atoms with Gasteiger partial charge in [-0.3, -0.25) is 4.79 Å². The SMILES string of the molecule is CCCCCCC/C=C\C/C=C\C/C=C\CCCCCCCCCCCCCCCCCCC(=O)NC(COC1OC(CO)C(O)C(O)C1O)C(O)/C=C/CC/C=C/CCCCCCCCCCCCCCCCCC. The highest BCUT2D eigenvalue weighted by Gasteiger charge is 2.44. The maximum Gasteiger partial charge on any atom is 0.220 e. The van der Waals surface area contributed by atoms with Crippen molar-refractivity contribution in [1.82, 2.24) is 5.32 Å². The lowest BCUT2D eigenvalue weighted by Gasteiger charge is -2.40. The van der Waals surface area contributed by atoms with E-state index in [9.17, 15) is 30.3 Å². The maximum absolute atomic E-state index is 13.1. The number of unbranched alkanes of at least 4 members (excludes halogenated alkanes) is 38. The Bertz CT molecular complexity index is 1380. The molecule has 9 heteroatoms. The zero-order valence-electron chi connectivity index (χ0n) is 49.5. The lowest BCUT2D eigenvalue weighted by molar-refractivity contribution is -0.302. The van der Waals surface area contributed by atoms with Crippen LogP contribution in [0.25, 0.3) is 0 Å². The molecule has 7 atom stereocenters. The normalized spacial score (nSPS) is 19.2. The van der Waals surface area contributed by atoms with E-state index in [1.54, 1.807) is 6.08 Å². The Morgan fingerprint density at radius 2 is 0.789 bits per heavy atom. The first-order valence-electron chi connectivity index (χ1n) is 32.5. The molecule has 7 unspecified atom stereocenters. The third kappa shape index (κ3) is 44.7. The fourth-order valence-corrected chi connectivity index (χ4v) is 10.2. The van der Waals surface area contributed by atoms with Crippen molar-refractivity contribution in [3.63, 3.8) is 0 Å². The van der Waals surface area contributed by atoms with Gasteiger partial charge in [-0.15, -0.1) is 0 Å². The molecule has 9 nitrogen and oxygen atoms in total. The predicted molar refractivity (Wildman–Crippen MR) is 322 cm³/mol. The van der Waals surface area contributed by atoms with Crippen molar-refractivity contribution >= 4 is 5.91 Å². The Balaban J connectivity index is 2.17. The van der Waals surface area contributed by atoms with E-state index in [-0.39, 0.29) is 12.5 Å². The Kier molecular flexibility index (Phi) is 53.1. The summed E-state index contributed by atoms with van der Waals surface area (Å²) >= 11 is 0. The molecule has 1 aliphatic rings. The van der Waals surface area contributed by atoms with Crippen LogP contribution in [0.15, 0.2) is 60.8 Å². The minimum Gasteiger partial charge on any atom is -0.394 e. The second-order valence-electron chi connectivity index (χ2n) is 22.5. The van der Waals surface area contributed by atoms with Crippen molar-refractivity contribution in [1.29, 1.82) is 0 Å². The number of aliphatic hydroxyl groups is 5. The summed E-state index contributed by atoms with van der Waals surface area (Å²) in [7, 11) is 0. The van der Waals surface area contributed by atoms with Gasteiger partial charge >= 0.3 is 0 Å². The van der Waals surface area contributed by atoms with Gasteiger partial charge in [-0.1, -0.05) is 286 Å². The molecule has 0 aromatic carbocycles. The number of carbonyl (C=O) groups is 1. The average molecular weight is 1070 g/mol. The topological polar surface area (TPSA) is 149 Å².